The average Bonchev–Trinajstić information content (AvgIpc) is 2.56. The summed E-state index contributed by atoms with van der Waals surface area (Å²) in [6.07, 6.45) is 2.28. The fourth-order valence-corrected chi connectivity index (χ4v) is 5.33. The maximum Gasteiger partial charge on any atom is 0.309 e. The molecular weight excluding hydrogens is 312 g/mol. The predicted octanol–water partition coefficient (Wildman–Crippen LogP) is 4.88. The third kappa shape index (κ3) is 2.63. The van der Waals surface area contributed by atoms with Crippen LogP contribution in [0.1, 0.15) is 81.3 Å². The zero-order valence-electron chi connectivity index (χ0n) is 16.3. The Morgan fingerprint density at radius 1 is 1.24 bits per heavy atom. The minimum atomic E-state index is -0.354. The third-order valence-electron chi connectivity index (χ3n) is 6.93. The van der Waals surface area contributed by atoms with Crippen LogP contribution >= 0.6 is 0 Å². The number of carbonyl (C=O) groups is 2. The average molecular weight is 342 g/mol. The Kier molecular flexibility index (Phi) is 4.33. The van der Waals surface area contributed by atoms with Gasteiger partial charge in [-0.25, -0.2) is 0 Å². The van der Waals surface area contributed by atoms with E-state index >= 15 is 0 Å². The third-order valence-corrected chi connectivity index (χ3v) is 6.93. The summed E-state index contributed by atoms with van der Waals surface area (Å²) in [4.78, 5) is 25.6. The number of hydrogen-bond donors (Lipinski definition) is 0. The maximum absolute atomic E-state index is 13.0. The molecule has 2 aliphatic carbocycles. The number of rotatable bonds is 2. The Bertz CT molecular complexity index is 716. The Labute approximate surface area is 151 Å². The summed E-state index contributed by atoms with van der Waals surface area (Å²) in [5.41, 5.74) is 2.72. The van der Waals surface area contributed by atoms with Gasteiger partial charge in [0.15, 0.2) is 5.78 Å². The highest BCUT2D eigenvalue weighted by Gasteiger charge is 2.58. The summed E-state index contributed by atoms with van der Waals surface area (Å²) < 4.78 is 5.15. The molecule has 0 N–H and O–H groups in total. The van der Waals surface area contributed by atoms with Gasteiger partial charge in [0, 0.05) is 17.4 Å². The molecule has 1 aromatic rings. The molecule has 0 amide bonds. The number of esters is 1. The zero-order chi connectivity index (χ0) is 18.6. The van der Waals surface area contributed by atoms with E-state index in [0.29, 0.717) is 12.3 Å². The molecule has 0 aromatic heterocycles. The van der Waals surface area contributed by atoms with Crippen molar-refractivity contribution in [3.8, 4) is 0 Å². The van der Waals surface area contributed by atoms with Gasteiger partial charge in [0.05, 0.1) is 13.0 Å². The summed E-state index contributed by atoms with van der Waals surface area (Å²) >= 11 is 0. The van der Waals surface area contributed by atoms with Crippen LogP contribution in [0.5, 0.6) is 0 Å². The largest absolute Gasteiger partial charge is 0.469 e. The molecule has 0 heterocycles. The number of benzene rings is 1. The number of ketones is 1. The molecule has 1 fully saturated rings. The van der Waals surface area contributed by atoms with Gasteiger partial charge in [-0.15, -0.1) is 0 Å². The molecule has 0 spiro atoms. The second-order valence-electron chi connectivity index (χ2n) is 9.03. The van der Waals surface area contributed by atoms with E-state index in [0.717, 1.165) is 24.0 Å². The van der Waals surface area contributed by atoms with Crippen molar-refractivity contribution in [3.05, 3.63) is 34.9 Å². The summed E-state index contributed by atoms with van der Waals surface area (Å²) in [5, 5.41) is 0. The second-order valence-corrected chi connectivity index (χ2v) is 9.03. The van der Waals surface area contributed by atoms with Gasteiger partial charge in [-0.2, -0.15) is 0 Å². The van der Waals surface area contributed by atoms with E-state index in [9.17, 15) is 9.59 Å². The first-order valence-corrected chi connectivity index (χ1v) is 9.38. The maximum atomic E-state index is 13.0. The van der Waals surface area contributed by atoms with Gasteiger partial charge in [-0.1, -0.05) is 46.8 Å². The molecule has 0 radical (unpaired) electrons. The smallest absolute Gasteiger partial charge is 0.309 e. The summed E-state index contributed by atoms with van der Waals surface area (Å²) in [6.45, 7) is 10.9. The molecule has 3 heteroatoms. The summed E-state index contributed by atoms with van der Waals surface area (Å²) in [7, 11) is 1.47. The molecule has 0 bridgehead atoms. The van der Waals surface area contributed by atoms with Gasteiger partial charge in [0.25, 0.3) is 0 Å². The van der Waals surface area contributed by atoms with Crippen molar-refractivity contribution >= 4 is 11.8 Å². The number of ether oxygens (including phenoxy) is 1. The highest BCUT2D eigenvalue weighted by Crippen LogP contribution is 2.59. The highest BCUT2D eigenvalue weighted by molar-refractivity contribution is 6.00. The molecule has 2 unspecified atom stereocenters. The van der Waals surface area contributed by atoms with E-state index in [1.165, 1.54) is 12.7 Å². The number of carbonyl (C=O) groups excluding carboxylic acids is 2. The first-order chi connectivity index (χ1) is 11.6. The lowest BCUT2D eigenvalue weighted by Crippen LogP contribution is -2.56. The summed E-state index contributed by atoms with van der Waals surface area (Å²) in [5.74, 6) is 0.424. The SMILES string of the molecule is COC(=O)C1CCC(C)(C)C2CC(=O)c3cc(C(C)C)ccc3[C@@]12C. The van der Waals surface area contributed by atoms with Gasteiger partial charge in [-0.3, -0.25) is 9.59 Å². The van der Waals surface area contributed by atoms with E-state index in [1.54, 1.807) is 0 Å². The topological polar surface area (TPSA) is 43.4 Å². The molecule has 0 saturated heterocycles. The quantitative estimate of drug-likeness (QED) is 0.720. The second kappa shape index (κ2) is 5.96. The van der Waals surface area contributed by atoms with Crippen LogP contribution in [-0.4, -0.2) is 18.9 Å². The van der Waals surface area contributed by atoms with Crippen LogP contribution in [-0.2, 0) is 14.9 Å². The van der Waals surface area contributed by atoms with Crippen molar-refractivity contribution in [3.63, 3.8) is 0 Å². The Balaban J connectivity index is 2.22. The zero-order valence-corrected chi connectivity index (χ0v) is 16.3. The molecule has 1 aromatic carbocycles. The normalized spacial score (nSPS) is 30.6. The standard InChI is InChI=1S/C22H30O3/c1-13(2)14-7-8-16-15(11-14)18(23)12-19-21(3,4)10-9-17(20(24)25-6)22(16,19)5/h7-8,11,13,17,19H,9-10,12H2,1-6H3/t17?,19?,22-/m0/s1. The first kappa shape index (κ1) is 18.2. The minimum Gasteiger partial charge on any atom is -0.469 e. The molecule has 25 heavy (non-hydrogen) atoms. The van der Waals surface area contributed by atoms with Crippen LogP contribution in [0.25, 0.3) is 0 Å². The highest BCUT2D eigenvalue weighted by atomic mass is 16.5. The molecule has 3 nitrogen and oxygen atoms in total. The van der Waals surface area contributed by atoms with E-state index in [1.807, 2.05) is 0 Å². The minimum absolute atomic E-state index is 0.0311. The van der Waals surface area contributed by atoms with E-state index in [2.05, 4.69) is 52.8 Å². The van der Waals surface area contributed by atoms with Gasteiger partial charge in [0.2, 0.25) is 0 Å². The van der Waals surface area contributed by atoms with Gasteiger partial charge >= 0.3 is 5.97 Å². The number of hydrogen-bond acceptors (Lipinski definition) is 3. The Morgan fingerprint density at radius 2 is 1.92 bits per heavy atom. The van der Waals surface area contributed by atoms with Crippen molar-refractivity contribution < 1.29 is 14.3 Å². The lowest BCUT2D eigenvalue weighted by molar-refractivity contribution is -0.154. The molecular formula is C22H30O3. The number of fused-ring (bicyclic) bond motifs is 3. The Hall–Kier alpha value is -1.64. The lowest BCUT2D eigenvalue weighted by Gasteiger charge is -2.56. The van der Waals surface area contributed by atoms with Crippen molar-refractivity contribution in [2.24, 2.45) is 17.3 Å². The van der Waals surface area contributed by atoms with Gasteiger partial charge in [-0.05, 0) is 47.3 Å². The lowest BCUT2D eigenvalue weighted by atomic mass is 9.46. The van der Waals surface area contributed by atoms with Crippen LogP contribution in [0.3, 0.4) is 0 Å². The fourth-order valence-electron chi connectivity index (χ4n) is 5.33. The van der Waals surface area contributed by atoms with E-state index < -0.39 is 0 Å². The summed E-state index contributed by atoms with van der Waals surface area (Å²) in [6, 6.07) is 6.28. The van der Waals surface area contributed by atoms with Crippen molar-refractivity contribution in [2.75, 3.05) is 7.11 Å². The van der Waals surface area contributed by atoms with Gasteiger partial charge < -0.3 is 4.74 Å². The van der Waals surface area contributed by atoms with Crippen LogP contribution in [0.2, 0.25) is 0 Å². The molecule has 3 atom stereocenters. The molecule has 1 saturated carbocycles. The van der Waals surface area contributed by atoms with Crippen LogP contribution < -0.4 is 0 Å². The fraction of sp³-hybridized carbons (Fsp3) is 0.636. The van der Waals surface area contributed by atoms with E-state index in [-0.39, 0.29) is 34.4 Å². The molecule has 3 rings (SSSR count). The van der Waals surface area contributed by atoms with Crippen molar-refractivity contribution in [2.45, 2.75) is 65.2 Å². The van der Waals surface area contributed by atoms with Crippen LogP contribution in [0.4, 0.5) is 0 Å². The monoisotopic (exact) mass is 342 g/mol. The van der Waals surface area contributed by atoms with Crippen LogP contribution in [0, 0.1) is 17.3 Å². The molecule has 136 valence electrons. The predicted molar refractivity (Wildman–Crippen MR) is 98.8 cm³/mol. The molecule has 2 aliphatic rings. The van der Waals surface area contributed by atoms with Crippen molar-refractivity contribution in [1.29, 1.82) is 0 Å². The first-order valence-electron chi connectivity index (χ1n) is 9.38. The molecule has 0 aliphatic heterocycles. The Morgan fingerprint density at radius 3 is 2.52 bits per heavy atom. The van der Waals surface area contributed by atoms with Crippen molar-refractivity contribution in [1.82, 2.24) is 0 Å². The number of Topliss-reactive ketones (excluding diaryl/α,β-unsaturated/α-hetero) is 1. The number of methoxy groups -OCH3 is 1. The van der Waals surface area contributed by atoms with E-state index in [4.69, 9.17) is 4.74 Å². The van der Waals surface area contributed by atoms with Gasteiger partial charge in [0.1, 0.15) is 0 Å². The van der Waals surface area contributed by atoms with Crippen LogP contribution in [0.15, 0.2) is 18.2 Å².